The first kappa shape index (κ1) is 22.3. The quantitative estimate of drug-likeness (QED) is 0.298. The zero-order valence-electron chi connectivity index (χ0n) is 18.7. The van der Waals surface area contributed by atoms with Crippen molar-refractivity contribution in [3.05, 3.63) is 90.0 Å². The molecule has 0 saturated carbocycles. The van der Waals surface area contributed by atoms with Gasteiger partial charge in [0, 0.05) is 16.9 Å². The lowest BCUT2D eigenvalue weighted by Crippen LogP contribution is -2.30. The average molecular weight is 471 g/mol. The van der Waals surface area contributed by atoms with Crippen molar-refractivity contribution in [3.63, 3.8) is 0 Å². The number of hydrogen-bond donors (Lipinski definition) is 2. The Labute approximate surface area is 203 Å². The highest BCUT2D eigenvalue weighted by Crippen LogP contribution is 2.34. The van der Waals surface area contributed by atoms with Gasteiger partial charge in [0.25, 0.3) is 0 Å². The van der Waals surface area contributed by atoms with Crippen molar-refractivity contribution in [2.24, 2.45) is 0 Å². The number of nitrogens with zero attached hydrogens (tertiary/aromatic N) is 1. The number of ether oxygens (including phenoxy) is 1. The molecule has 0 spiro atoms. The normalized spacial score (nSPS) is 13.8. The monoisotopic (exact) mass is 470 g/mol. The smallest absolute Gasteiger partial charge is 0.345 e. The second-order valence-corrected chi connectivity index (χ2v) is 9.36. The van der Waals surface area contributed by atoms with Crippen LogP contribution in [0.2, 0.25) is 0 Å². The summed E-state index contributed by atoms with van der Waals surface area (Å²) >= 11 is 1.37. The molecule has 0 aliphatic heterocycles. The van der Waals surface area contributed by atoms with Crippen molar-refractivity contribution in [1.29, 1.82) is 0 Å². The molecule has 0 saturated heterocycles. The molecule has 5 nitrogen and oxygen atoms in total. The third-order valence-electron chi connectivity index (χ3n) is 6.06. The van der Waals surface area contributed by atoms with Crippen LogP contribution in [0.15, 0.2) is 84.0 Å². The van der Waals surface area contributed by atoms with E-state index in [9.17, 15) is 9.90 Å². The van der Waals surface area contributed by atoms with Gasteiger partial charge in [0.1, 0.15) is 5.75 Å². The van der Waals surface area contributed by atoms with E-state index in [1.165, 1.54) is 23.7 Å². The SMILES string of the molecule is O=C(O)C(CSc1nc(-c2ccccc2)c(-c2ccccc2)[nH]1)Oc1cccc2c1CCCC2. The molecule has 1 heterocycles. The van der Waals surface area contributed by atoms with Crippen LogP contribution in [0.1, 0.15) is 24.0 Å². The average Bonchev–Trinajstić information content (AvgIpc) is 3.32. The lowest BCUT2D eigenvalue weighted by Gasteiger charge is -2.22. The number of aromatic amines is 1. The molecular weight excluding hydrogens is 444 g/mol. The van der Waals surface area contributed by atoms with Gasteiger partial charge in [0.2, 0.25) is 6.10 Å². The van der Waals surface area contributed by atoms with Crippen LogP contribution in [0.5, 0.6) is 5.75 Å². The van der Waals surface area contributed by atoms with Crippen molar-refractivity contribution >= 4 is 17.7 Å². The van der Waals surface area contributed by atoms with Crippen molar-refractivity contribution in [2.45, 2.75) is 36.9 Å². The Morgan fingerprint density at radius 2 is 1.65 bits per heavy atom. The lowest BCUT2D eigenvalue weighted by atomic mass is 9.91. The minimum Gasteiger partial charge on any atom is -0.478 e. The van der Waals surface area contributed by atoms with Gasteiger partial charge in [-0.1, -0.05) is 84.6 Å². The molecule has 2 N–H and O–H groups in total. The summed E-state index contributed by atoms with van der Waals surface area (Å²) in [4.78, 5) is 20.3. The van der Waals surface area contributed by atoms with E-state index in [0.29, 0.717) is 10.9 Å². The number of nitrogens with one attached hydrogen (secondary N) is 1. The molecular formula is C28H26N2O3S. The van der Waals surface area contributed by atoms with E-state index in [0.717, 1.165) is 47.3 Å². The standard InChI is InChI=1S/C28H26N2O3S/c31-27(32)24(33-23-17-9-15-19-10-7-8-16-22(19)23)18-34-28-29-25(20-11-3-1-4-12-20)26(30-28)21-13-5-2-6-14-21/h1-6,9,11-15,17,24H,7-8,10,16,18H2,(H,29,30)(H,31,32). The molecule has 6 heteroatoms. The maximum absolute atomic E-state index is 12.0. The van der Waals surface area contributed by atoms with Crippen molar-refractivity contribution in [1.82, 2.24) is 9.97 Å². The Morgan fingerprint density at radius 1 is 0.941 bits per heavy atom. The van der Waals surface area contributed by atoms with E-state index in [2.05, 4.69) is 11.1 Å². The molecule has 1 aromatic heterocycles. The molecule has 0 fully saturated rings. The second kappa shape index (κ2) is 10.2. The third-order valence-corrected chi connectivity index (χ3v) is 7.00. The van der Waals surface area contributed by atoms with Crippen LogP contribution in [0.4, 0.5) is 0 Å². The Hall–Kier alpha value is -3.51. The van der Waals surface area contributed by atoms with Crippen molar-refractivity contribution in [2.75, 3.05) is 5.75 Å². The lowest BCUT2D eigenvalue weighted by molar-refractivity contribution is -0.143. The minimum atomic E-state index is -0.973. The molecule has 1 aliphatic carbocycles. The summed E-state index contributed by atoms with van der Waals surface area (Å²) in [5.74, 6) is -0.0340. The van der Waals surface area contributed by atoms with Gasteiger partial charge in [0.15, 0.2) is 5.16 Å². The summed E-state index contributed by atoms with van der Waals surface area (Å²) in [7, 11) is 0. The number of imidazole rings is 1. The minimum absolute atomic E-state index is 0.245. The fourth-order valence-electron chi connectivity index (χ4n) is 4.36. The second-order valence-electron chi connectivity index (χ2n) is 8.35. The number of rotatable bonds is 8. The van der Waals surface area contributed by atoms with Crippen LogP contribution in [-0.2, 0) is 17.6 Å². The number of aromatic nitrogens is 2. The van der Waals surface area contributed by atoms with Crippen molar-refractivity contribution in [3.8, 4) is 28.3 Å². The fourth-order valence-corrected chi connectivity index (χ4v) is 5.21. The van der Waals surface area contributed by atoms with E-state index in [4.69, 9.17) is 9.72 Å². The number of carboxylic acids is 1. The van der Waals surface area contributed by atoms with Crippen molar-refractivity contribution < 1.29 is 14.6 Å². The Balaban J connectivity index is 1.38. The zero-order chi connectivity index (χ0) is 23.3. The Morgan fingerprint density at radius 3 is 2.38 bits per heavy atom. The molecule has 1 atom stereocenters. The number of thioether (sulfide) groups is 1. The van der Waals surface area contributed by atoms with E-state index in [1.54, 1.807) is 0 Å². The van der Waals surface area contributed by atoms with Gasteiger partial charge in [-0.15, -0.1) is 0 Å². The molecule has 5 rings (SSSR count). The number of hydrogen-bond acceptors (Lipinski definition) is 4. The molecule has 3 aromatic carbocycles. The van der Waals surface area contributed by atoms with E-state index in [1.807, 2.05) is 72.8 Å². The highest BCUT2D eigenvalue weighted by Gasteiger charge is 2.24. The van der Waals surface area contributed by atoms with Gasteiger partial charge in [-0.25, -0.2) is 9.78 Å². The predicted molar refractivity (Wildman–Crippen MR) is 135 cm³/mol. The highest BCUT2D eigenvalue weighted by molar-refractivity contribution is 7.99. The Kier molecular flexibility index (Phi) is 6.67. The van der Waals surface area contributed by atoms with Gasteiger partial charge >= 0.3 is 5.97 Å². The summed E-state index contributed by atoms with van der Waals surface area (Å²) in [5, 5.41) is 10.5. The van der Waals surface area contributed by atoms with E-state index < -0.39 is 12.1 Å². The number of carboxylic acid groups (broad SMARTS) is 1. The molecule has 4 aromatic rings. The first-order chi connectivity index (χ1) is 16.7. The maximum atomic E-state index is 12.0. The molecule has 1 unspecified atom stereocenters. The molecule has 34 heavy (non-hydrogen) atoms. The summed E-state index contributed by atoms with van der Waals surface area (Å²) in [6.07, 6.45) is 3.26. The number of H-pyrrole nitrogens is 1. The van der Waals surface area contributed by atoms with Gasteiger partial charge in [0.05, 0.1) is 11.4 Å². The number of benzene rings is 3. The number of carbonyl (C=O) groups is 1. The van der Waals surface area contributed by atoms with Gasteiger partial charge in [-0.05, 0) is 42.9 Å². The topological polar surface area (TPSA) is 75.2 Å². The summed E-state index contributed by atoms with van der Waals surface area (Å²) in [6.45, 7) is 0. The van der Waals surface area contributed by atoms with Crippen LogP contribution >= 0.6 is 11.8 Å². The van der Waals surface area contributed by atoms with Crippen LogP contribution < -0.4 is 4.74 Å². The van der Waals surface area contributed by atoms with Gasteiger partial charge in [-0.3, -0.25) is 0 Å². The molecule has 0 bridgehead atoms. The highest BCUT2D eigenvalue weighted by atomic mass is 32.2. The first-order valence-corrected chi connectivity index (χ1v) is 12.5. The van der Waals surface area contributed by atoms with E-state index in [-0.39, 0.29) is 5.75 Å². The molecule has 1 aliphatic rings. The maximum Gasteiger partial charge on any atom is 0.345 e. The van der Waals surface area contributed by atoms with E-state index >= 15 is 0 Å². The fraction of sp³-hybridized carbons (Fsp3) is 0.214. The number of aryl methyl sites for hydroxylation is 1. The summed E-state index contributed by atoms with van der Waals surface area (Å²) in [5.41, 5.74) is 6.22. The number of aliphatic carboxylic acids is 1. The van der Waals surface area contributed by atoms with Crippen LogP contribution in [0.25, 0.3) is 22.5 Å². The van der Waals surface area contributed by atoms with Crippen LogP contribution in [-0.4, -0.2) is 32.9 Å². The van der Waals surface area contributed by atoms with Gasteiger partial charge in [-0.2, -0.15) is 0 Å². The van der Waals surface area contributed by atoms with Crippen LogP contribution in [0.3, 0.4) is 0 Å². The predicted octanol–water partition coefficient (Wildman–Crippen LogP) is 6.25. The molecule has 0 radical (unpaired) electrons. The van der Waals surface area contributed by atoms with Crippen LogP contribution in [0, 0.1) is 0 Å². The molecule has 172 valence electrons. The first-order valence-electron chi connectivity index (χ1n) is 11.5. The Bertz CT molecular complexity index is 1210. The molecule has 0 amide bonds. The van der Waals surface area contributed by atoms with Gasteiger partial charge < -0.3 is 14.8 Å². The summed E-state index contributed by atoms with van der Waals surface area (Å²) in [6, 6.07) is 26.0. The third kappa shape index (κ3) is 4.87. The summed E-state index contributed by atoms with van der Waals surface area (Å²) < 4.78 is 6.04. The largest absolute Gasteiger partial charge is 0.478 e. The number of fused-ring (bicyclic) bond motifs is 1. The zero-order valence-corrected chi connectivity index (χ0v) is 19.6.